The Morgan fingerprint density at radius 3 is 3.05 bits per heavy atom. The van der Waals surface area contributed by atoms with Crippen molar-refractivity contribution in [3.05, 3.63) is 18.2 Å². The fourth-order valence-corrected chi connectivity index (χ4v) is 2.95. The van der Waals surface area contributed by atoms with Gasteiger partial charge in [-0.05, 0) is 37.8 Å². The molecule has 0 radical (unpaired) electrons. The number of nitrogens with zero attached hydrogens (tertiary/aromatic N) is 1. The number of likely N-dealkylation sites (tertiary alicyclic amines) is 1. The molecule has 0 aliphatic carbocycles. The number of amides is 1. The Hall–Kier alpha value is -1.91. The lowest BCUT2D eigenvalue weighted by atomic mass is 10.00. The molecule has 2 aliphatic rings. The number of ether oxygens (including phenoxy) is 3. The molecule has 1 amide bonds. The summed E-state index contributed by atoms with van der Waals surface area (Å²) in [6, 6.07) is 5.74. The molecule has 21 heavy (non-hydrogen) atoms. The molecule has 0 unspecified atom stereocenters. The van der Waals surface area contributed by atoms with E-state index in [0.29, 0.717) is 17.5 Å². The fraction of sp³-hybridized carbons (Fsp3) is 0.562. The molecule has 3 rings (SSSR count). The number of rotatable bonds is 4. The second-order valence-electron chi connectivity index (χ2n) is 5.45. The highest BCUT2D eigenvalue weighted by molar-refractivity contribution is 5.78. The van der Waals surface area contributed by atoms with Crippen molar-refractivity contribution in [2.24, 2.45) is 0 Å². The molecule has 1 fully saturated rings. The molecule has 0 spiro atoms. The van der Waals surface area contributed by atoms with Crippen LogP contribution in [0.2, 0.25) is 0 Å². The van der Waals surface area contributed by atoms with Gasteiger partial charge in [0.25, 0.3) is 5.91 Å². The lowest BCUT2D eigenvalue weighted by molar-refractivity contribution is -0.137. The maximum absolute atomic E-state index is 12.3. The van der Waals surface area contributed by atoms with E-state index < -0.39 is 0 Å². The first-order valence-electron chi connectivity index (χ1n) is 7.60. The molecule has 1 atom stereocenters. The molecule has 0 bridgehead atoms. The van der Waals surface area contributed by atoms with E-state index >= 15 is 0 Å². The summed E-state index contributed by atoms with van der Waals surface area (Å²) in [5, 5.41) is 0. The second-order valence-corrected chi connectivity index (χ2v) is 5.45. The zero-order chi connectivity index (χ0) is 14.7. The van der Waals surface area contributed by atoms with E-state index in [4.69, 9.17) is 14.2 Å². The molecule has 2 heterocycles. The Morgan fingerprint density at radius 1 is 1.33 bits per heavy atom. The number of hydrogen-bond donors (Lipinski definition) is 0. The molecule has 1 saturated heterocycles. The standard InChI is InChI=1S/C16H21NO4/c1-2-12-5-3-4-8-17(12)16(18)10-19-13-6-7-14-15(9-13)21-11-20-14/h6-7,9,12H,2-5,8,10-11H2,1H3/t12-/m0/s1. The molecule has 1 aromatic carbocycles. The van der Waals surface area contributed by atoms with Gasteiger partial charge in [-0.1, -0.05) is 6.92 Å². The molecule has 1 aromatic rings. The third kappa shape index (κ3) is 3.06. The maximum Gasteiger partial charge on any atom is 0.260 e. The van der Waals surface area contributed by atoms with Crippen LogP contribution in [0.5, 0.6) is 17.2 Å². The van der Waals surface area contributed by atoms with Gasteiger partial charge in [-0.25, -0.2) is 0 Å². The van der Waals surface area contributed by atoms with Gasteiger partial charge in [0.15, 0.2) is 18.1 Å². The Labute approximate surface area is 124 Å². The smallest absolute Gasteiger partial charge is 0.260 e. The van der Waals surface area contributed by atoms with Gasteiger partial charge in [0.1, 0.15) is 5.75 Å². The minimum Gasteiger partial charge on any atom is -0.484 e. The number of piperidine rings is 1. The molecule has 5 nitrogen and oxygen atoms in total. The van der Waals surface area contributed by atoms with Gasteiger partial charge in [0.05, 0.1) is 0 Å². The van der Waals surface area contributed by atoms with Crippen LogP contribution in [0.3, 0.4) is 0 Å². The summed E-state index contributed by atoms with van der Waals surface area (Å²) < 4.78 is 16.2. The van der Waals surface area contributed by atoms with Gasteiger partial charge in [-0.3, -0.25) is 4.79 Å². The highest BCUT2D eigenvalue weighted by atomic mass is 16.7. The van der Waals surface area contributed by atoms with Crippen LogP contribution in [0, 0.1) is 0 Å². The number of hydrogen-bond acceptors (Lipinski definition) is 4. The monoisotopic (exact) mass is 291 g/mol. The minimum absolute atomic E-state index is 0.0687. The summed E-state index contributed by atoms with van der Waals surface area (Å²) in [7, 11) is 0. The highest BCUT2D eigenvalue weighted by Gasteiger charge is 2.25. The van der Waals surface area contributed by atoms with Crippen LogP contribution in [-0.4, -0.2) is 36.8 Å². The van der Waals surface area contributed by atoms with Crippen LogP contribution in [-0.2, 0) is 4.79 Å². The normalized spacial score (nSPS) is 20.4. The Morgan fingerprint density at radius 2 is 2.19 bits per heavy atom. The first-order valence-corrected chi connectivity index (χ1v) is 7.60. The van der Waals surface area contributed by atoms with Gasteiger partial charge in [0.2, 0.25) is 6.79 Å². The second kappa shape index (κ2) is 6.24. The van der Waals surface area contributed by atoms with E-state index in [-0.39, 0.29) is 19.3 Å². The summed E-state index contributed by atoms with van der Waals surface area (Å²) in [4.78, 5) is 14.3. The van der Waals surface area contributed by atoms with Crippen molar-refractivity contribution in [3.8, 4) is 17.2 Å². The van der Waals surface area contributed by atoms with E-state index in [1.807, 2.05) is 4.90 Å². The Balaban J connectivity index is 1.58. The molecule has 5 heteroatoms. The van der Waals surface area contributed by atoms with Crippen LogP contribution in [0.4, 0.5) is 0 Å². The predicted octanol–water partition coefficient (Wildman–Crippen LogP) is 2.59. The highest BCUT2D eigenvalue weighted by Crippen LogP contribution is 2.35. The average molecular weight is 291 g/mol. The Kier molecular flexibility index (Phi) is 4.18. The van der Waals surface area contributed by atoms with Gasteiger partial charge >= 0.3 is 0 Å². The van der Waals surface area contributed by atoms with E-state index in [1.165, 1.54) is 6.42 Å². The average Bonchev–Trinajstić information content (AvgIpc) is 3.00. The van der Waals surface area contributed by atoms with Crippen molar-refractivity contribution in [2.75, 3.05) is 19.9 Å². The zero-order valence-corrected chi connectivity index (χ0v) is 12.3. The van der Waals surface area contributed by atoms with Crippen molar-refractivity contribution in [3.63, 3.8) is 0 Å². The van der Waals surface area contributed by atoms with Crippen molar-refractivity contribution >= 4 is 5.91 Å². The van der Waals surface area contributed by atoms with Gasteiger partial charge in [0, 0.05) is 18.7 Å². The van der Waals surface area contributed by atoms with Crippen molar-refractivity contribution < 1.29 is 19.0 Å². The first-order chi connectivity index (χ1) is 10.3. The SMILES string of the molecule is CC[C@H]1CCCCN1C(=O)COc1ccc2c(c1)OCO2. The maximum atomic E-state index is 12.3. The lowest BCUT2D eigenvalue weighted by Crippen LogP contribution is -2.45. The topological polar surface area (TPSA) is 48.0 Å². The van der Waals surface area contributed by atoms with Crippen molar-refractivity contribution in [1.82, 2.24) is 4.90 Å². The molecule has 0 aromatic heterocycles. The third-order valence-corrected chi connectivity index (χ3v) is 4.13. The summed E-state index contributed by atoms with van der Waals surface area (Å²) >= 11 is 0. The van der Waals surface area contributed by atoms with Crippen LogP contribution in [0.15, 0.2) is 18.2 Å². The molecule has 0 N–H and O–H groups in total. The van der Waals surface area contributed by atoms with E-state index in [1.54, 1.807) is 18.2 Å². The predicted molar refractivity (Wildman–Crippen MR) is 77.7 cm³/mol. The quantitative estimate of drug-likeness (QED) is 0.855. The zero-order valence-electron chi connectivity index (χ0n) is 12.3. The minimum atomic E-state index is 0.0687. The van der Waals surface area contributed by atoms with Gasteiger partial charge in [-0.15, -0.1) is 0 Å². The van der Waals surface area contributed by atoms with Crippen LogP contribution in [0.25, 0.3) is 0 Å². The lowest BCUT2D eigenvalue weighted by Gasteiger charge is -2.35. The number of carbonyl (C=O) groups is 1. The molecule has 114 valence electrons. The first kappa shape index (κ1) is 14.0. The van der Waals surface area contributed by atoms with E-state index in [0.717, 1.165) is 31.6 Å². The van der Waals surface area contributed by atoms with Crippen molar-refractivity contribution in [2.45, 2.75) is 38.6 Å². The molecule has 2 aliphatic heterocycles. The van der Waals surface area contributed by atoms with Crippen molar-refractivity contribution in [1.29, 1.82) is 0 Å². The largest absolute Gasteiger partial charge is 0.484 e. The van der Waals surface area contributed by atoms with E-state index in [9.17, 15) is 4.79 Å². The molecular weight excluding hydrogens is 270 g/mol. The van der Waals surface area contributed by atoms with Crippen LogP contribution >= 0.6 is 0 Å². The van der Waals surface area contributed by atoms with Gasteiger partial charge in [-0.2, -0.15) is 0 Å². The van der Waals surface area contributed by atoms with Crippen LogP contribution in [0.1, 0.15) is 32.6 Å². The van der Waals surface area contributed by atoms with Gasteiger partial charge < -0.3 is 19.1 Å². The van der Waals surface area contributed by atoms with E-state index in [2.05, 4.69) is 6.92 Å². The third-order valence-electron chi connectivity index (χ3n) is 4.13. The summed E-state index contributed by atoms with van der Waals surface area (Å²) in [5.41, 5.74) is 0. The number of fused-ring (bicyclic) bond motifs is 1. The summed E-state index contributed by atoms with van der Waals surface area (Å²) in [5.74, 6) is 2.09. The number of carbonyl (C=O) groups excluding carboxylic acids is 1. The van der Waals surface area contributed by atoms with Crippen LogP contribution < -0.4 is 14.2 Å². The molecular formula is C16H21NO4. The fourth-order valence-electron chi connectivity index (χ4n) is 2.95. The molecule has 0 saturated carbocycles. The Bertz CT molecular complexity index is 517. The number of benzene rings is 1. The summed E-state index contributed by atoms with van der Waals surface area (Å²) in [6.07, 6.45) is 4.42. The summed E-state index contributed by atoms with van der Waals surface area (Å²) in [6.45, 7) is 3.30.